The number of hydrogen-bond acceptors (Lipinski definition) is 6. The van der Waals surface area contributed by atoms with E-state index in [9.17, 15) is 0 Å². The van der Waals surface area contributed by atoms with Crippen LogP contribution >= 0.6 is 0 Å². The molecule has 1 aliphatic rings. The number of anilines is 3. The van der Waals surface area contributed by atoms with Gasteiger partial charge in [0.15, 0.2) is 0 Å². The lowest BCUT2D eigenvalue weighted by Gasteiger charge is -2.27. The third-order valence-electron chi connectivity index (χ3n) is 6.45. The molecule has 6 rings (SSSR count). The molecule has 8 heteroatoms. The van der Waals surface area contributed by atoms with Gasteiger partial charge in [0, 0.05) is 61.8 Å². The Balaban J connectivity index is 1.36. The lowest BCUT2D eigenvalue weighted by Crippen LogP contribution is -2.37. The Morgan fingerprint density at radius 1 is 0.886 bits per heavy atom. The van der Waals surface area contributed by atoms with Crippen LogP contribution in [0.2, 0.25) is 0 Å². The highest BCUT2D eigenvalue weighted by atomic mass is 16.5. The number of rotatable bonds is 5. The third kappa shape index (κ3) is 4.24. The lowest BCUT2D eigenvalue weighted by molar-refractivity contribution is 0.122. The molecule has 0 saturated carbocycles. The summed E-state index contributed by atoms with van der Waals surface area (Å²) in [5, 5.41) is 8.97. The van der Waals surface area contributed by atoms with E-state index in [1.807, 2.05) is 24.0 Å². The van der Waals surface area contributed by atoms with Crippen LogP contribution in [0, 0.1) is 0 Å². The molecule has 2 aromatic carbocycles. The Morgan fingerprint density at radius 3 is 2.46 bits per heavy atom. The van der Waals surface area contributed by atoms with Gasteiger partial charge in [-0.1, -0.05) is 24.3 Å². The van der Waals surface area contributed by atoms with Crippen molar-refractivity contribution >= 4 is 28.4 Å². The number of morpholine rings is 1. The van der Waals surface area contributed by atoms with Crippen molar-refractivity contribution < 1.29 is 4.74 Å². The van der Waals surface area contributed by atoms with E-state index in [1.54, 1.807) is 0 Å². The molecule has 4 heterocycles. The summed E-state index contributed by atoms with van der Waals surface area (Å²) in [5.74, 6) is 1.46. The van der Waals surface area contributed by atoms with Crippen LogP contribution in [0.3, 0.4) is 0 Å². The van der Waals surface area contributed by atoms with E-state index >= 15 is 0 Å². The standard InChI is InChI=1S/C27H27N7O/c1-32-11-3-4-24(32)19-7-9-22(10-8-19)29-26-17-23(30-27(31-26)34-12-14-35-15-13-34)20-5-6-21-18-28-33(2)25(21)16-20/h3-11,16-18H,12-15H2,1-2H3,(H,29,30,31). The molecule has 1 N–H and O–H groups in total. The molecule has 0 unspecified atom stereocenters. The van der Waals surface area contributed by atoms with Crippen molar-refractivity contribution in [3.63, 3.8) is 0 Å². The normalized spacial score (nSPS) is 13.9. The second-order valence-electron chi connectivity index (χ2n) is 8.79. The summed E-state index contributed by atoms with van der Waals surface area (Å²) in [6.45, 7) is 2.90. The molecule has 1 saturated heterocycles. The zero-order valence-electron chi connectivity index (χ0n) is 19.8. The van der Waals surface area contributed by atoms with Gasteiger partial charge < -0.3 is 19.5 Å². The maximum absolute atomic E-state index is 5.54. The maximum atomic E-state index is 5.54. The molecule has 0 bridgehead atoms. The van der Waals surface area contributed by atoms with Gasteiger partial charge in [0.1, 0.15) is 5.82 Å². The van der Waals surface area contributed by atoms with Crippen molar-refractivity contribution in [3.05, 3.63) is 73.1 Å². The molecule has 0 aliphatic carbocycles. The molecule has 0 amide bonds. The van der Waals surface area contributed by atoms with Crippen LogP contribution in [0.1, 0.15) is 0 Å². The zero-order chi connectivity index (χ0) is 23.8. The van der Waals surface area contributed by atoms with Crippen molar-refractivity contribution in [2.45, 2.75) is 0 Å². The number of nitrogens with zero attached hydrogens (tertiary/aromatic N) is 6. The van der Waals surface area contributed by atoms with Crippen molar-refractivity contribution in [3.8, 4) is 22.5 Å². The van der Waals surface area contributed by atoms with Gasteiger partial charge in [0.05, 0.1) is 30.6 Å². The minimum atomic E-state index is 0.679. The summed E-state index contributed by atoms with van der Waals surface area (Å²) in [6.07, 6.45) is 3.93. The molecule has 1 aliphatic heterocycles. The van der Waals surface area contributed by atoms with E-state index < -0.39 is 0 Å². The second kappa shape index (κ2) is 8.88. The Hall–Kier alpha value is -4.17. The molecule has 0 spiro atoms. The highest BCUT2D eigenvalue weighted by molar-refractivity contribution is 5.84. The van der Waals surface area contributed by atoms with E-state index in [-0.39, 0.29) is 0 Å². The van der Waals surface area contributed by atoms with Crippen LogP contribution in [0.5, 0.6) is 0 Å². The number of ether oxygens (including phenoxy) is 1. The topological polar surface area (TPSA) is 73.0 Å². The van der Waals surface area contributed by atoms with Crippen molar-refractivity contribution in [2.75, 3.05) is 36.5 Å². The average Bonchev–Trinajstić information content (AvgIpc) is 3.50. The highest BCUT2D eigenvalue weighted by Gasteiger charge is 2.17. The predicted octanol–water partition coefficient (Wildman–Crippen LogP) is 4.62. The third-order valence-corrected chi connectivity index (χ3v) is 6.45. The van der Waals surface area contributed by atoms with E-state index in [0.717, 1.165) is 46.8 Å². The van der Waals surface area contributed by atoms with Crippen LogP contribution in [0.15, 0.2) is 73.1 Å². The Bertz CT molecular complexity index is 1480. The Labute approximate surface area is 203 Å². The summed E-state index contributed by atoms with van der Waals surface area (Å²) in [5.41, 5.74) is 6.29. The molecule has 8 nitrogen and oxygen atoms in total. The van der Waals surface area contributed by atoms with Crippen molar-refractivity contribution in [1.29, 1.82) is 0 Å². The summed E-state index contributed by atoms with van der Waals surface area (Å²) in [6, 6.07) is 20.9. The van der Waals surface area contributed by atoms with Crippen LogP contribution in [-0.2, 0) is 18.8 Å². The quantitative estimate of drug-likeness (QED) is 0.409. The maximum Gasteiger partial charge on any atom is 0.228 e. The Morgan fingerprint density at radius 2 is 1.69 bits per heavy atom. The van der Waals surface area contributed by atoms with Crippen LogP contribution in [0.25, 0.3) is 33.4 Å². The van der Waals surface area contributed by atoms with Gasteiger partial charge in [-0.05, 0) is 35.9 Å². The summed E-state index contributed by atoms with van der Waals surface area (Å²) in [4.78, 5) is 12.0. The second-order valence-corrected chi connectivity index (χ2v) is 8.79. The summed E-state index contributed by atoms with van der Waals surface area (Å²) < 4.78 is 9.54. The monoisotopic (exact) mass is 465 g/mol. The van der Waals surface area contributed by atoms with Crippen LogP contribution in [-0.4, -0.2) is 50.6 Å². The lowest BCUT2D eigenvalue weighted by atomic mass is 10.1. The van der Waals surface area contributed by atoms with Gasteiger partial charge in [0.2, 0.25) is 5.95 Å². The number of aryl methyl sites for hydroxylation is 2. The van der Waals surface area contributed by atoms with Crippen LogP contribution in [0.4, 0.5) is 17.5 Å². The first-order valence-corrected chi connectivity index (χ1v) is 11.8. The molecule has 0 atom stereocenters. The molecule has 3 aromatic heterocycles. The number of aromatic nitrogens is 5. The van der Waals surface area contributed by atoms with E-state index in [1.165, 1.54) is 11.3 Å². The van der Waals surface area contributed by atoms with Crippen molar-refractivity contribution in [1.82, 2.24) is 24.3 Å². The van der Waals surface area contributed by atoms with Gasteiger partial charge in [0.25, 0.3) is 0 Å². The number of nitrogens with one attached hydrogen (secondary N) is 1. The first-order chi connectivity index (χ1) is 17.1. The Kier molecular flexibility index (Phi) is 5.42. The summed E-state index contributed by atoms with van der Waals surface area (Å²) in [7, 11) is 4.01. The van der Waals surface area contributed by atoms with Gasteiger partial charge >= 0.3 is 0 Å². The number of hydrogen-bond donors (Lipinski definition) is 1. The average molecular weight is 466 g/mol. The minimum absolute atomic E-state index is 0.679. The number of fused-ring (bicyclic) bond motifs is 1. The molecule has 1 fully saturated rings. The van der Waals surface area contributed by atoms with Crippen LogP contribution < -0.4 is 10.2 Å². The van der Waals surface area contributed by atoms with Gasteiger partial charge in [-0.2, -0.15) is 10.1 Å². The van der Waals surface area contributed by atoms with Gasteiger partial charge in [-0.15, -0.1) is 0 Å². The highest BCUT2D eigenvalue weighted by Crippen LogP contribution is 2.29. The minimum Gasteiger partial charge on any atom is -0.378 e. The number of benzene rings is 2. The predicted molar refractivity (Wildman–Crippen MR) is 139 cm³/mol. The molecule has 0 radical (unpaired) electrons. The van der Waals surface area contributed by atoms with Gasteiger partial charge in [-0.25, -0.2) is 4.98 Å². The van der Waals surface area contributed by atoms with E-state index in [2.05, 4.69) is 87.7 Å². The first-order valence-electron chi connectivity index (χ1n) is 11.8. The van der Waals surface area contributed by atoms with Crippen molar-refractivity contribution in [2.24, 2.45) is 14.1 Å². The zero-order valence-corrected chi connectivity index (χ0v) is 19.8. The smallest absolute Gasteiger partial charge is 0.228 e. The van der Waals surface area contributed by atoms with E-state index in [0.29, 0.717) is 19.2 Å². The molecule has 5 aromatic rings. The fourth-order valence-electron chi connectivity index (χ4n) is 4.49. The van der Waals surface area contributed by atoms with Gasteiger partial charge in [-0.3, -0.25) is 4.68 Å². The summed E-state index contributed by atoms with van der Waals surface area (Å²) >= 11 is 0. The van der Waals surface area contributed by atoms with E-state index in [4.69, 9.17) is 14.7 Å². The fraction of sp³-hybridized carbons (Fsp3) is 0.222. The molecule has 35 heavy (non-hydrogen) atoms. The fourth-order valence-corrected chi connectivity index (χ4v) is 4.49. The SMILES string of the molecule is Cn1cccc1-c1ccc(Nc2cc(-c3ccc4cnn(C)c4c3)nc(N3CCOCC3)n2)cc1. The largest absolute Gasteiger partial charge is 0.378 e. The molecular formula is C27H27N7O. The molecular weight excluding hydrogens is 438 g/mol. The molecule has 176 valence electrons. The first kappa shape index (κ1) is 21.4.